The van der Waals surface area contributed by atoms with E-state index in [2.05, 4.69) is 15.3 Å². The molecule has 30 heavy (non-hydrogen) atoms. The third-order valence-corrected chi connectivity index (χ3v) is 5.63. The fourth-order valence-corrected chi connectivity index (χ4v) is 4.07. The summed E-state index contributed by atoms with van der Waals surface area (Å²) in [5, 5.41) is 7.43. The number of benzene rings is 2. The van der Waals surface area contributed by atoms with E-state index in [1.165, 1.54) is 5.56 Å². The Bertz CT molecular complexity index is 996. The molecular formula is C24H28N4O2. The summed E-state index contributed by atoms with van der Waals surface area (Å²) >= 11 is 0. The molecule has 0 spiro atoms. The second-order valence-corrected chi connectivity index (χ2v) is 7.86. The van der Waals surface area contributed by atoms with Gasteiger partial charge >= 0.3 is 0 Å². The molecule has 2 heterocycles. The Hall–Kier alpha value is -3.12. The summed E-state index contributed by atoms with van der Waals surface area (Å²) in [5.74, 6) is 0.891. The van der Waals surface area contributed by atoms with Gasteiger partial charge in [-0.05, 0) is 43.1 Å². The first kappa shape index (κ1) is 20.2. The van der Waals surface area contributed by atoms with E-state index in [0.717, 1.165) is 55.0 Å². The van der Waals surface area contributed by atoms with E-state index in [1.54, 1.807) is 7.11 Å². The zero-order valence-electron chi connectivity index (χ0n) is 17.5. The number of carbonyl (C=O) groups excluding carboxylic acids is 1. The van der Waals surface area contributed by atoms with Crippen LogP contribution in [0.5, 0.6) is 5.75 Å². The fourth-order valence-electron chi connectivity index (χ4n) is 4.07. The summed E-state index contributed by atoms with van der Waals surface area (Å²) in [7, 11) is 3.58. The average molecular weight is 405 g/mol. The van der Waals surface area contributed by atoms with Crippen molar-refractivity contribution in [3.8, 4) is 16.9 Å². The molecule has 1 saturated heterocycles. The summed E-state index contributed by atoms with van der Waals surface area (Å²) in [6, 6.07) is 15.8. The molecule has 2 aromatic carbocycles. The molecular weight excluding hydrogens is 376 g/mol. The first-order valence-electron chi connectivity index (χ1n) is 10.4. The van der Waals surface area contributed by atoms with Crippen LogP contribution < -0.4 is 10.1 Å². The lowest BCUT2D eigenvalue weighted by Crippen LogP contribution is -2.40. The molecule has 1 amide bonds. The number of nitrogens with zero attached hydrogens (tertiary/aromatic N) is 3. The number of aryl methyl sites for hydroxylation is 1. The smallest absolute Gasteiger partial charge is 0.228 e. The van der Waals surface area contributed by atoms with Crippen LogP contribution in [0.3, 0.4) is 0 Å². The van der Waals surface area contributed by atoms with Crippen LogP contribution in [0.1, 0.15) is 18.4 Å². The maximum atomic E-state index is 13.1. The number of hydrogen-bond donors (Lipinski definition) is 1. The normalized spacial score (nSPS) is 16.9. The van der Waals surface area contributed by atoms with Gasteiger partial charge in [0.05, 0.1) is 19.2 Å². The van der Waals surface area contributed by atoms with E-state index in [9.17, 15) is 4.79 Å². The van der Waals surface area contributed by atoms with Crippen molar-refractivity contribution in [2.45, 2.75) is 19.4 Å². The Morgan fingerprint density at radius 3 is 2.73 bits per heavy atom. The zero-order valence-corrected chi connectivity index (χ0v) is 17.5. The summed E-state index contributed by atoms with van der Waals surface area (Å²) in [6.07, 6.45) is 5.88. The van der Waals surface area contributed by atoms with Crippen LogP contribution in [0, 0.1) is 5.92 Å². The number of ether oxygens (including phenoxy) is 1. The number of rotatable bonds is 6. The molecule has 6 heteroatoms. The van der Waals surface area contributed by atoms with Crippen molar-refractivity contribution in [3.63, 3.8) is 0 Å². The number of aromatic nitrogens is 2. The lowest BCUT2D eigenvalue weighted by atomic mass is 9.96. The van der Waals surface area contributed by atoms with Crippen LogP contribution >= 0.6 is 0 Å². The monoisotopic (exact) mass is 404 g/mol. The predicted molar refractivity (Wildman–Crippen MR) is 118 cm³/mol. The fraction of sp³-hybridized carbons (Fsp3) is 0.333. The third kappa shape index (κ3) is 4.71. The lowest BCUT2D eigenvalue weighted by molar-refractivity contribution is -0.121. The quantitative estimate of drug-likeness (QED) is 0.676. The maximum absolute atomic E-state index is 13.1. The molecule has 3 aromatic rings. The van der Waals surface area contributed by atoms with Crippen LogP contribution in [0.15, 0.2) is 60.9 Å². The lowest BCUT2D eigenvalue weighted by Gasteiger charge is -2.31. The average Bonchev–Trinajstić information content (AvgIpc) is 3.19. The van der Waals surface area contributed by atoms with Crippen LogP contribution in [-0.2, 0) is 18.4 Å². The van der Waals surface area contributed by atoms with Gasteiger partial charge in [-0.25, -0.2) is 0 Å². The van der Waals surface area contributed by atoms with Crippen molar-refractivity contribution in [2.24, 2.45) is 13.0 Å². The van der Waals surface area contributed by atoms with Crippen LogP contribution in [0.25, 0.3) is 11.1 Å². The molecule has 4 rings (SSSR count). The minimum atomic E-state index is -0.0145. The van der Waals surface area contributed by atoms with Gasteiger partial charge in [0.15, 0.2) is 0 Å². The topological polar surface area (TPSA) is 59.4 Å². The molecule has 0 saturated carbocycles. The van der Waals surface area contributed by atoms with E-state index >= 15 is 0 Å². The van der Waals surface area contributed by atoms with E-state index in [1.807, 2.05) is 72.7 Å². The SMILES string of the molecule is COc1ccc(-c2ccccc2NC(=O)[C@@H]2CCCN(Cc3cnn(C)c3)C2)cc1. The second kappa shape index (κ2) is 9.13. The Balaban J connectivity index is 1.44. The Morgan fingerprint density at radius 1 is 1.20 bits per heavy atom. The Kier molecular flexibility index (Phi) is 6.14. The van der Waals surface area contributed by atoms with Crippen molar-refractivity contribution in [1.29, 1.82) is 0 Å². The standard InChI is InChI=1S/C24H28N4O2/c1-27-15-18(14-25-27)16-28-13-5-6-20(17-28)24(29)26-23-8-4-3-7-22(23)19-9-11-21(30-2)12-10-19/h3-4,7-12,14-15,20H,5-6,13,16-17H2,1-2H3,(H,26,29)/t20-/m1/s1. The van der Waals surface area contributed by atoms with Crippen molar-refractivity contribution in [1.82, 2.24) is 14.7 Å². The van der Waals surface area contributed by atoms with Crippen molar-refractivity contribution < 1.29 is 9.53 Å². The zero-order chi connectivity index (χ0) is 20.9. The van der Waals surface area contributed by atoms with Gasteiger partial charge in [0.25, 0.3) is 0 Å². The summed E-state index contributed by atoms with van der Waals surface area (Å²) in [6.45, 7) is 2.62. The highest BCUT2D eigenvalue weighted by Gasteiger charge is 2.26. The van der Waals surface area contributed by atoms with Crippen LogP contribution in [-0.4, -0.2) is 40.8 Å². The van der Waals surface area contributed by atoms with Gasteiger partial charge in [0.1, 0.15) is 5.75 Å². The van der Waals surface area contributed by atoms with Crippen LogP contribution in [0.2, 0.25) is 0 Å². The third-order valence-electron chi connectivity index (χ3n) is 5.63. The first-order chi connectivity index (χ1) is 14.6. The van der Waals surface area contributed by atoms with Gasteiger partial charge in [-0.2, -0.15) is 5.10 Å². The largest absolute Gasteiger partial charge is 0.497 e. The van der Waals surface area contributed by atoms with Gasteiger partial charge in [-0.1, -0.05) is 30.3 Å². The highest BCUT2D eigenvalue weighted by Crippen LogP contribution is 2.30. The minimum absolute atomic E-state index is 0.0145. The highest BCUT2D eigenvalue weighted by molar-refractivity contribution is 5.97. The number of methoxy groups -OCH3 is 1. The molecule has 1 atom stereocenters. The maximum Gasteiger partial charge on any atom is 0.228 e. The number of nitrogens with one attached hydrogen (secondary N) is 1. The van der Waals surface area contributed by atoms with Gasteiger partial charge in [0, 0.05) is 43.1 Å². The minimum Gasteiger partial charge on any atom is -0.497 e. The Labute approximate surface area is 177 Å². The molecule has 156 valence electrons. The molecule has 6 nitrogen and oxygen atoms in total. The second-order valence-electron chi connectivity index (χ2n) is 7.86. The highest BCUT2D eigenvalue weighted by atomic mass is 16.5. The van der Waals surface area contributed by atoms with Crippen LogP contribution in [0.4, 0.5) is 5.69 Å². The number of para-hydroxylation sites is 1. The molecule has 0 radical (unpaired) electrons. The predicted octanol–water partition coefficient (Wildman–Crippen LogP) is 3.95. The molecule has 1 aliphatic heterocycles. The summed E-state index contributed by atoms with van der Waals surface area (Å²) < 4.78 is 7.07. The number of anilines is 1. The summed E-state index contributed by atoms with van der Waals surface area (Å²) in [4.78, 5) is 15.4. The first-order valence-corrected chi connectivity index (χ1v) is 10.4. The van der Waals surface area contributed by atoms with E-state index in [0.29, 0.717) is 0 Å². The number of piperidine rings is 1. The molecule has 1 N–H and O–H groups in total. The van der Waals surface area contributed by atoms with E-state index in [-0.39, 0.29) is 11.8 Å². The van der Waals surface area contributed by atoms with Gasteiger partial charge < -0.3 is 10.1 Å². The Morgan fingerprint density at radius 2 is 2.00 bits per heavy atom. The molecule has 1 aliphatic rings. The number of amides is 1. The molecule has 1 aromatic heterocycles. The van der Waals surface area contributed by atoms with Crippen molar-refractivity contribution >= 4 is 11.6 Å². The molecule has 0 aliphatic carbocycles. The summed E-state index contributed by atoms with van der Waals surface area (Å²) in [5.41, 5.74) is 4.09. The van der Waals surface area contributed by atoms with Gasteiger partial charge in [0.2, 0.25) is 5.91 Å². The van der Waals surface area contributed by atoms with Crippen molar-refractivity contribution in [3.05, 3.63) is 66.5 Å². The number of hydrogen-bond acceptors (Lipinski definition) is 4. The van der Waals surface area contributed by atoms with Gasteiger partial charge in [-0.15, -0.1) is 0 Å². The number of likely N-dealkylation sites (tertiary alicyclic amines) is 1. The molecule has 0 bridgehead atoms. The molecule has 0 unspecified atom stereocenters. The van der Waals surface area contributed by atoms with Gasteiger partial charge in [-0.3, -0.25) is 14.4 Å². The van der Waals surface area contributed by atoms with Crippen molar-refractivity contribution in [2.75, 3.05) is 25.5 Å². The van der Waals surface area contributed by atoms with E-state index in [4.69, 9.17) is 4.74 Å². The number of carbonyl (C=O) groups is 1. The molecule has 1 fully saturated rings. The van der Waals surface area contributed by atoms with E-state index < -0.39 is 0 Å².